The van der Waals surface area contributed by atoms with Crippen LogP contribution in [0.3, 0.4) is 0 Å². The van der Waals surface area contributed by atoms with Crippen LogP contribution in [0.4, 0.5) is 11.4 Å². The van der Waals surface area contributed by atoms with Gasteiger partial charge >= 0.3 is 0 Å². The summed E-state index contributed by atoms with van der Waals surface area (Å²) in [5.74, 6) is -0.145. The Labute approximate surface area is 141 Å². The molecule has 2 aromatic carbocycles. The number of rotatable bonds is 5. The van der Waals surface area contributed by atoms with Gasteiger partial charge in [0.1, 0.15) is 0 Å². The fourth-order valence-corrected chi connectivity index (χ4v) is 2.39. The summed E-state index contributed by atoms with van der Waals surface area (Å²) in [7, 11) is 0. The number of nitrogens with zero attached hydrogens (tertiary/aromatic N) is 1. The molecule has 0 aliphatic heterocycles. The van der Waals surface area contributed by atoms with Crippen LogP contribution in [0.1, 0.15) is 21.5 Å². The highest BCUT2D eigenvalue weighted by atomic mass is 16.1. The average molecular weight is 317 g/mol. The Morgan fingerprint density at radius 2 is 1.75 bits per heavy atom. The topological polar surface area (TPSA) is 54.0 Å². The number of hydrogen-bond acceptors (Lipinski definition) is 3. The largest absolute Gasteiger partial charge is 0.381 e. The summed E-state index contributed by atoms with van der Waals surface area (Å²) in [5.41, 5.74) is 4.80. The van der Waals surface area contributed by atoms with E-state index in [4.69, 9.17) is 0 Å². The maximum Gasteiger partial charge on any atom is 0.255 e. The van der Waals surface area contributed by atoms with Gasteiger partial charge < -0.3 is 10.6 Å². The molecule has 0 aliphatic carbocycles. The smallest absolute Gasteiger partial charge is 0.255 e. The van der Waals surface area contributed by atoms with Crippen molar-refractivity contribution in [3.63, 3.8) is 0 Å². The number of carbonyl (C=O) groups is 1. The van der Waals surface area contributed by atoms with Gasteiger partial charge in [0, 0.05) is 24.0 Å². The van der Waals surface area contributed by atoms with Crippen LogP contribution in [0, 0.1) is 6.92 Å². The van der Waals surface area contributed by atoms with Gasteiger partial charge in [-0.2, -0.15) is 0 Å². The first-order chi connectivity index (χ1) is 11.7. The maximum atomic E-state index is 12.2. The van der Waals surface area contributed by atoms with E-state index in [1.54, 1.807) is 18.5 Å². The van der Waals surface area contributed by atoms with Crippen molar-refractivity contribution in [3.05, 3.63) is 89.7 Å². The number of aryl methyl sites for hydroxylation is 1. The molecule has 24 heavy (non-hydrogen) atoms. The van der Waals surface area contributed by atoms with Gasteiger partial charge in [-0.25, -0.2) is 0 Å². The summed E-state index contributed by atoms with van der Waals surface area (Å²) in [5, 5.41) is 6.20. The molecule has 1 aromatic heterocycles. The molecule has 0 atom stereocenters. The molecule has 0 spiro atoms. The molecule has 3 aromatic rings. The lowest BCUT2D eigenvalue weighted by Crippen LogP contribution is -2.12. The lowest BCUT2D eigenvalue weighted by molar-refractivity contribution is 0.102. The third kappa shape index (κ3) is 3.98. The highest BCUT2D eigenvalue weighted by Crippen LogP contribution is 2.14. The van der Waals surface area contributed by atoms with E-state index in [2.05, 4.69) is 34.7 Å². The first-order valence-corrected chi connectivity index (χ1v) is 7.82. The van der Waals surface area contributed by atoms with E-state index in [0.717, 1.165) is 12.2 Å². The van der Waals surface area contributed by atoms with E-state index >= 15 is 0 Å². The molecule has 120 valence electrons. The third-order valence-electron chi connectivity index (χ3n) is 3.81. The van der Waals surface area contributed by atoms with E-state index in [-0.39, 0.29) is 5.91 Å². The Kier molecular flexibility index (Phi) is 4.87. The van der Waals surface area contributed by atoms with Gasteiger partial charge in [-0.1, -0.05) is 24.3 Å². The molecule has 0 bridgehead atoms. The molecular weight excluding hydrogens is 298 g/mol. The molecule has 1 amide bonds. The Hall–Kier alpha value is -3.14. The molecule has 0 saturated carbocycles. The highest BCUT2D eigenvalue weighted by molar-refractivity contribution is 6.04. The van der Waals surface area contributed by atoms with Crippen LogP contribution >= 0.6 is 0 Å². The normalized spacial score (nSPS) is 10.2. The SMILES string of the molecule is Cc1ccccc1CNc1ccc(C(=O)Nc2cccnc2)cc1. The predicted octanol–water partition coefficient (Wildman–Crippen LogP) is 4.25. The van der Waals surface area contributed by atoms with Crippen molar-refractivity contribution in [2.75, 3.05) is 10.6 Å². The third-order valence-corrected chi connectivity index (χ3v) is 3.81. The van der Waals surface area contributed by atoms with Crippen molar-refractivity contribution >= 4 is 17.3 Å². The van der Waals surface area contributed by atoms with Gasteiger partial charge in [-0.3, -0.25) is 9.78 Å². The summed E-state index contributed by atoms with van der Waals surface area (Å²) in [6.45, 7) is 2.86. The minimum atomic E-state index is -0.145. The van der Waals surface area contributed by atoms with Crippen molar-refractivity contribution in [3.8, 4) is 0 Å². The van der Waals surface area contributed by atoms with Gasteiger partial charge in [0.25, 0.3) is 5.91 Å². The number of carbonyl (C=O) groups excluding carboxylic acids is 1. The Morgan fingerprint density at radius 3 is 2.46 bits per heavy atom. The van der Waals surface area contributed by atoms with Gasteiger partial charge in [0.05, 0.1) is 11.9 Å². The van der Waals surface area contributed by atoms with E-state index in [1.165, 1.54) is 11.1 Å². The van der Waals surface area contributed by atoms with E-state index in [1.807, 2.05) is 42.5 Å². The zero-order chi connectivity index (χ0) is 16.8. The van der Waals surface area contributed by atoms with Crippen molar-refractivity contribution in [1.29, 1.82) is 0 Å². The van der Waals surface area contributed by atoms with Crippen LogP contribution in [0.5, 0.6) is 0 Å². The van der Waals surface area contributed by atoms with Crippen molar-refractivity contribution in [2.24, 2.45) is 0 Å². The van der Waals surface area contributed by atoms with Crippen molar-refractivity contribution in [2.45, 2.75) is 13.5 Å². The fraction of sp³-hybridized carbons (Fsp3) is 0.100. The zero-order valence-corrected chi connectivity index (χ0v) is 13.5. The molecule has 3 rings (SSSR count). The molecule has 4 heteroatoms. The summed E-state index contributed by atoms with van der Waals surface area (Å²) in [6.07, 6.45) is 3.29. The summed E-state index contributed by atoms with van der Waals surface area (Å²) >= 11 is 0. The Balaban J connectivity index is 1.61. The predicted molar refractivity (Wildman–Crippen MR) is 97.1 cm³/mol. The number of aromatic nitrogens is 1. The molecule has 1 heterocycles. The van der Waals surface area contributed by atoms with E-state index in [9.17, 15) is 4.79 Å². The second-order valence-electron chi connectivity index (χ2n) is 5.55. The van der Waals surface area contributed by atoms with Crippen LogP contribution in [-0.4, -0.2) is 10.9 Å². The molecule has 0 aliphatic rings. The molecule has 0 radical (unpaired) electrons. The summed E-state index contributed by atoms with van der Waals surface area (Å²) in [6, 6.07) is 19.3. The van der Waals surface area contributed by atoms with Crippen molar-refractivity contribution < 1.29 is 4.79 Å². The molecule has 2 N–H and O–H groups in total. The lowest BCUT2D eigenvalue weighted by Gasteiger charge is -2.10. The van der Waals surface area contributed by atoms with Gasteiger partial charge in [-0.05, 0) is 54.4 Å². The molecule has 0 unspecified atom stereocenters. The number of anilines is 2. The minimum Gasteiger partial charge on any atom is -0.381 e. The first-order valence-electron chi connectivity index (χ1n) is 7.82. The average Bonchev–Trinajstić information content (AvgIpc) is 2.62. The van der Waals surface area contributed by atoms with Crippen LogP contribution in [0.2, 0.25) is 0 Å². The number of nitrogens with one attached hydrogen (secondary N) is 2. The van der Waals surface area contributed by atoms with Crippen LogP contribution in [0.25, 0.3) is 0 Å². The highest BCUT2D eigenvalue weighted by Gasteiger charge is 2.06. The van der Waals surface area contributed by atoms with Crippen LogP contribution in [-0.2, 0) is 6.54 Å². The van der Waals surface area contributed by atoms with Gasteiger partial charge in [-0.15, -0.1) is 0 Å². The quantitative estimate of drug-likeness (QED) is 0.739. The van der Waals surface area contributed by atoms with E-state index < -0.39 is 0 Å². The van der Waals surface area contributed by atoms with Gasteiger partial charge in [0.15, 0.2) is 0 Å². The Bertz CT molecular complexity index is 814. The number of amides is 1. The van der Waals surface area contributed by atoms with Crippen molar-refractivity contribution in [1.82, 2.24) is 4.98 Å². The summed E-state index contributed by atoms with van der Waals surface area (Å²) < 4.78 is 0. The molecule has 0 saturated heterocycles. The van der Waals surface area contributed by atoms with Gasteiger partial charge in [0.2, 0.25) is 0 Å². The lowest BCUT2D eigenvalue weighted by atomic mass is 10.1. The fourth-order valence-electron chi connectivity index (χ4n) is 2.39. The van der Waals surface area contributed by atoms with E-state index in [0.29, 0.717) is 11.3 Å². The maximum absolute atomic E-state index is 12.2. The minimum absolute atomic E-state index is 0.145. The molecular formula is C20H19N3O. The molecule has 4 nitrogen and oxygen atoms in total. The summed E-state index contributed by atoms with van der Waals surface area (Å²) in [4.78, 5) is 16.2. The Morgan fingerprint density at radius 1 is 0.958 bits per heavy atom. The standard InChI is InChI=1S/C20H19N3O/c1-15-5-2-3-6-17(15)13-22-18-10-8-16(9-11-18)20(24)23-19-7-4-12-21-14-19/h2-12,14,22H,13H2,1H3,(H,23,24). The molecule has 0 fully saturated rings. The number of benzene rings is 2. The van der Waals surface area contributed by atoms with Crippen LogP contribution in [0.15, 0.2) is 73.1 Å². The number of hydrogen-bond donors (Lipinski definition) is 2. The zero-order valence-electron chi connectivity index (χ0n) is 13.5. The monoisotopic (exact) mass is 317 g/mol. The number of pyridine rings is 1. The second kappa shape index (κ2) is 7.42. The first kappa shape index (κ1) is 15.7. The second-order valence-corrected chi connectivity index (χ2v) is 5.55. The van der Waals surface area contributed by atoms with Crippen LogP contribution < -0.4 is 10.6 Å².